The molecule has 128 valence electrons. The molecule has 3 aromatic heterocycles. The first-order valence-corrected chi connectivity index (χ1v) is 9.04. The summed E-state index contributed by atoms with van der Waals surface area (Å²) >= 11 is 1.18. The van der Waals surface area contributed by atoms with E-state index in [0.29, 0.717) is 12.2 Å². The maximum absolute atomic E-state index is 12.4. The molecule has 0 radical (unpaired) electrons. The third-order valence-electron chi connectivity index (χ3n) is 4.52. The van der Waals surface area contributed by atoms with Crippen molar-refractivity contribution in [2.24, 2.45) is 5.92 Å². The molecule has 1 aliphatic rings. The van der Waals surface area contributed by atoms with Crippen molar-refractivity contribution in [1.29, 1.82) is 0 Å². The van der Waals surface area contributed by atoms with Crippen LogP contribution in [0.15, 0.2) is 36.7 Å². The summed E-state index contributed by atoms with van der Waals surface area (Å²) in [6.07, 6.45) is 5.17. The van der Waals surface area contributed by atoms with Crippen LogP contribution in [0.3, 0.4) is 0 Å². The van der Waals surface area contributed by atoms with Crippen LogP contribution in [0.25, 0.3) is 11.2 Å². The predicted molar refractivity (Wildman–Crippen MR) is 96.2 cm³/mol. The van der Waals surface area contributed by atoms with Crippen LogP contribution in [-0.4, -0.2) is 37.7 Å². The molecule has 3 aromatic rings. The van der Waals surface area contributed by atoms with Crippen molar-refractivity contribution >= 4 is 34.5 Å². The minimum atomic E-state index is 0.0471. The Morgan fingerprint density at radius 3 is 2.84 bits per heavy atom. The predicted octanol–water partition coefficient (Wildman–Crippen LogP) is 2.01. The maximum atomic E-state index is 12.4. The normalized spacial score (nSPS) is 15.4. The van der Waals surface area contributed by atoms with Crippen LogP contribution in [-0.2, 0) is 11.3 Å². The quantitative estimate of drug-likeness (QED) is 0.772. The molecular weight excluding hydrogens is 336 g/mol. The fourth-order valence-electron chi connectivity index (χ4n) is 3.15. The van der Waals surface area contributed by atoms with E-state index in [4.69, 9.17) is 0 Å². The molecule has 1 fully saturated rings. The van der Waals surface area contributed by atoms with Gasteiger partial charge in [-0.2, -0.15) is 8.75 Å². The molecule has 4 heterocycles. The first kappa shape index (κ1) is 15.9. The third kappa shape index (κ3) is 3.43. The molecule has 1 saturated heterocycles. The van der Waals surface area contributed by atoms with E-state index in [2.05, 4.69) is 28.9 Å². The summed E-state index contributed by atoms with van der Waals surface area (Å²) in [7, 11) is 0. The number of fused-ring (bicyclic) bond motifs is 1. The first-order chi connectivity index (χ1) is 12.3. The highest BCUT2D eigenvalue weighted by molar-refractivity contribution is 7.00. The molecule has 1 aliphatic heterocycles. The number of aromatic nitrogens is 4. The van der Waals surface area contributed by atoms with Gasteiger partial charge in [0.25, 0.3) is 0 Å². The van der Waals surface area contributed by atoms with Gasteiger partial charge in [-0.05, 0) is 31.0 Å². The Hall–Kier alpha value is -2.61. The number of pyridine rings is 2. The molecule has 0 aliphatic carbocycles. The summed E-state index contributed by atoms with van der Waals surface area (Å²) in [4.78, 5) is 23.1. The van der Waals surface area contributed by atoms with Crippen molar-refractivity contribution in [2.75, 3.05) is 18.0 Å². The topological polar surface area (TPSA) is 83.9 Å². The van der Waals surface area contributed by atoms with E-state index in [1.165, 1.54) is 11.7 Å². The van der Waals surface area contributed by atoms with Gasteiger partial charge in [0.2, 0.25) is 5.91 Å². The molecular formula is C17H18N6OS. The van der Waals surface area contributed by atoms with Crippen LogP contribution >= 0.6 is 11.7 Å². The van der Waals surface area contributed by atoms with Gasteiger partial charge in [-0.25, -0.2) is 4.98 Å². The van der Waals surface area contributed by atoms with Gasteiger partial charge in [0.05, 0.1) is 29.7 Å². The SMILES string of the molecule is O=C(NCc1ccccn1)C1CCN(c2ccnc3nsnc23)CC1. The molecule has 0 saturated carbocycles. The van der Waals surface area contributed by atoms with Crippen molar-refractivity contribution in [3.05, 3.63) is 42.4 Å². The molecule has 4 rings (SSSR count). The summed E-state index contributed by atoms with van der Waals surface area (Å²) in [5.41, 5.74) is 3.48. The largest absolute Gasteiger partial charge is 0.370 e. The fourth-order valence-corrected chi connectivity index (χ4v) is 3.66. The van der Waals surface area contributed by atoms with Crippen molar-refractivity contribution in [1.82, 2.24) is 24.0 Å². The molecule has 8 heteroatoms. The summed E-state index contributed by atoms with van der Waals surface area (Å²) in [5.74, 6) is 0.159. The van der Waals surface area contributed by atoms with Gasteiger partial charge < -0.3 is 10.2 Å². The Morgan fingerprint density at radius 2 is 2.04 bits per heavy atom. The van der Waals surface area contributed by atoms with Gasteiger partial charge in [0.1, 0.15) is 5.52 Å². The van der Waals surface area contributed by atoms with E-state index < -0.39 is 0 Å². The number of hydrogen-bond acceptors (Lipinski definition) is 7. The van der Waals surface area contributed by atoms with Gasteiger partial charge in [-0.15, -0.1) is 0 Å². The lowest BCUT2D eigenvalue weighted by Crippen LogP contribution is -2.40. The number of piperidine rings is 1. The van der Waals surface area contributed by atoms with E-state index in [1.54, 1.807) is 12.4 Å². The van der Waals surface area contributed by atoms with Gasteiger partial charge in [-0.3, -0.25) is 9.78 Å². The summed E-state index contributed by atoms with van der Waals surface area (Å²) in [6.45, 7) is 2.14. The third-order valence-corrected chi connectivity index (χ3v) is 5.04. The zero-order valence-electron chi connectivity index (χ0n) is 13.6. The number of carbonyl (C=O) groups is 1. The number of hydrogen-bond donors (Lipinski definition) is 1. The van der Waals surface area contributed by atoms with Crippen molar-refractivity contribution in [3.63, 3.8) is 0 Å². The Balaban J connectivity index is 1.35. The highest BCUT2D eigenvalue weighted by Crippen LogP contribution is 2.28. The van der Waals surface area contributed by atoms with Crippen molar-refractivity contribution < 1.29 is 4.79 Å². The summed E-state index contributed by atoms with van der Waals surface area (Å²) < 4.78 is 8.54. The van der Waals surface area contributed by atoms with Crippen molar-refractivity contribution in [3.8, 4) is 0 Å². The molecule has 25 heavy (non-hydrogen) atoms. The highest BCUT2D eigenvalue weighted by atomic mass is 32.1. The van der Waals surface area contributed by atoms with E-state index in [-0.39, 0.29) is 11.8 Å². The standard InChI is InChI=1S/C17H18N6OS/c24-17(20-11-13-3-1-2-7-18-13)12-5-9-23(10-6-12)14-4-8-19-16-15(14)21-25-22-16/h1-4,7-8,12H,5-6,9-11H2,(H,20,24). The molecule has 7 nitrogen and oxygen atoms in total. The number of nitrogens with zero attached hydrogens (tertiary/aromatic N) is 5. The minimum absolute atomic E-state index is 0.0471. The van der Waals surface area contributed by atoms with Gasteiger partial charge in [0, 0.05) is 31.4 Å². The second-order valence-electron chi connectivity index (χ2n) is 6.07. The van der Waals surface area contributed by atoms with E-state index >= 15 is 0 Å². The van der Waals surface area contributed by atoms with Gasteiger partial charge in [-0.1, -0.05) is 6.07 Å². The molecule has 0 aromatic carbocycles. The first-order valence-electron chi connectivity index (χ1n) is 8.31. The van der Waals surface area contributed by atoms with Crippen LogP contribution in [0.1, 0.15) is 18.5 Å². The van der Waals surface area contributed by atoms with Crippen LogP contribution < -0.4 is 10.2 Å². The zero-order valence-corrected chi connectivity index (χ0v) is 14.4. The Morgan fingerprint density at radius 1 is 1.16 bits per heavy atom. The van der Waals surface area contributed by atoms with E-state index in [1.807, 2.05) is 24.3 Å². The van der Waals surface area contributed by atoms with Crippen molar-refractivity contribution in [2.45, 2.75) is 19.4 Å². The maximum Gasteiger partial charge on any atom is 0.223 e. The summed E-state index contributed by atoms with van der Waals surface area (Å²) in [5, 5.41) is 3.00. The average molecular weight is 354 g/mol. The van der Waals surface area contributed by atoms with Gasteiger partial charge in [0.15, 0.2) is 5.65 Å². The smallest absolute Gasteiger partial charge is 0.223 e. The van der Waals surface area contributed by atoms with E-state index in [0.717, 1.165) is 42.8 Å². The molecule has 0 bridgehead atoms. The Labute approximate surface area is 149 Å². The second-order valence-corrected chi connectivity index (χ2v) is 6.60. The molecule has 0 unspecified atom stereocenters. The van der Waals surface area contributed by atoms with Crippen LogP contribution in [0.2, 0.25) is 0 Å². The lowest BCUT2D eigenvalue weighted by molar-refractivity contribution is -0.125. The Kier molecular flexibility index (Phi) is 4.51. The number of nitrogens with one attached hydrogen (secondary N) is 1. The fraction of sp³-hybridized carbons (Fsp3) is 0.353. The summed E-state index contributed by atoms with van der Waals surface area (Å²) in [6, 6.07) is 7.69. The van der Waals surface area contributed by atoms with Crippen LogP contribution in [0.4, 0.5) is 5.69 Å². The number of rotatable bonds is 4. The highest BCUT2D eigenvalue weighted by Gasteiger charge is 2.26. The average Bonchev–Trinajstić information content (AvgIpc) is 3.16. The lowest BCUT2D eigenvalue weighted by atomic mass is 9.95. The number of carbonyl (C=O) groups excluding carboxylic acids is 1. The van der Waals surface area contributed by atoms with E-state index in [9.17, 15) is 4.79 Å². The minimum Gasteiger partial charge on any atom is -0.370 e. The second kappa shape index (κ2) is 7.10. The zero-order chi connectivity index (χ0) is 17.1. The molecule has 1 N–H and O–H groups in total. The molecule has 1 amide bonds. The number of anilines is 1. The van der Waals surface area contributed by atoms with Crippen LogP contribution in [0.5, 0.6) is 0 Å². The van der Waals surface area contributed by atoms with Gasteiger partial charge >= 0.3 is 0 Å². The Bertz CT molecular complexity index is 860. The number of amides is 1. The lowest BCUT2D eigenvalue weighted by Gasteiger charge is -2.32. The molecule has 0 spiro atoms. The monoisotopic (exact) mass is 354 g/mol. The van der Waals surface area contributed by atoms with Crippen LogP contribution in [0, 0.1) is 5.92 Å². The molecule has 0 atom stereocenters.